The smallest absolute Gasteiger partial charge is 0.0853 e. The van der Waals surface area contributed by atoms with Gasteiger partial charge in [-0.3, -0.25) is 4.98 Å². The fraction of sp³-hybridized carbons (Fsp3) is 0.182. The van der Waals surface area contributed by atoms with Crippen molar-refractivity contribution in [2.24, 2.45) is 0 Å². The summed E-state index contributed by atoms with van der Waals surface area (Å²) in [5, 5.41) is 12.5. The Morgan fingerprint density at radius 1 is 1.33 bits per heavy atom. The van der Waals surface area contributed by atoms with Crippen molar-refractivity contribution in [1.82, 2.24) is 4.98 Å². The molecule has 0 fully saturated rings. The van der Waals surface area contributed by atoms with Gasteiger partial charge in [-0.1, -0.05) is 18.2 Å². The molecule has 15 heavy (non-hydrogen) atoms. The van der Waals surface area contributed by atoms with Crippen LogP contribution in [0, 0.1) is 0 Å². The van der Waals surface area contributed by atoms with E-state index in [2.05, 4.69) is 10.3 Å². The van der Waals surface area contributed by atoms with E-state index in [1.165, 1.54) is 0 Å². The highest BCUT2D eigenvalue weighted by Crippen LogP contribution is 2.21. The van der Waals surface area contributed by atoms with E-state index in [0.29, 0.717) is 0 Å². The summed E-state index contributed by atoms with van der Waals surface area (Å²) < 4.78 is 0. The first kappa shape index (κ1) is 10.1. The molecule has 0 saturated heterocycles. The Kier molecular flexibility index (Phi) is 3.32. The Morgan fingerprint density at radius 2 is 2.13 bits per heavy atom. The minimum Gasteiger partial charge on any atom is -0.394 e. The molecule has 3 nitrogen and oxygen atoms in total. The standard InChI is InChI=1S/C11H12N2OS/c14-7-10(11-6-12-8-15-11)13-9-4-2-1-3-5-9/h1-6,8,10,13-14H,7H2. The van der Waals surface area contributed by atoms with Crippen molar-refractivity contribution >= 4 is 17.0 Å². The zero-order chi connectivity index (χ0) is 10.5. The topological polar surface area (TPSA) is 45.1 Å². The van der Waals surface area contributed by atoms with E-state index < -0.39 is 0 Å². The molecule has 0 radical (unpaired) electrons. The van der Waals surface area contributed by atoms with Crippen LogP contribution in [0.4, 0.5) is 5.69 Å². The molecular weight excluding hydrogens is 208 g/mol. The molecule has 0 amide bonds. The zero-order valence-corrected chi connectivity index (χ0v) is 8.95. The third-order valence-electron chi connectivity index (χ3n) is 2.09. The van der Waals surface area contributed by atoms with Crippen LogP contribution in [0.5, 0.6) is 0 Å². The summed E-state index contributed by atoms with van der Waals surface area (Å²) in [7, 11) is 0. The predicted octanol–water partition coefficient (Wildman–Crippen LogP) is 2.29. The third-order valence-corrected chi connectivity index (χ3v) is 2.98. The van der Waals surface area contributed by atoms with Gasteiger partial charge in [-0.2, -0.15) is 0 Å². The molecule has 1 aromatic carbocycles. The largest absolute Gasteiger partial charge is 0.394 e. The second-order valence-electron chi connectivity index (χ2n) is 3.15. The predicted molar refractivity (Wildman–Crippen MR) is 62.0 cm³/mol. The first-order valence-corrected chi connectivity index (χ1v) is 5.59. The van der Waals surface area contributed by atoms with E-state index in [9.17, 15) is 5.11 Å². The summed E-state index contributed by atoms with van der Waals surface area (Å²) in [5.74, 6) is 0. The zero-order valence-electron chi connectivity index (χ0n) is 8.13. The molecule has 0 bridgehead atoms. The number of anilines is 1. The molecule has 78 valence electrons. The van der Waals surface area contributed by atoms with Crippen molar-refractivity contribution < 1.29 is 5.11 Å². The lowest BCUT2D eigenvalue weighted by atomic mass is 10.2. The molecule has 0 spiro atoms. The normalized spacial score (nSPS) is 12.3. The minimum atomic E-state index is -0.0695. The van der Waals surface area contributed by atoms with Gasteiger partial charge in [0.15, 0.2) is 0 Å². The van der Waals surface area contributed by atoms with Crippen LogP contribution in [0.3, 0.4) is 0 Å². The summed E-state index contributed by atoms with van der Waals surface area (Å²) in [5.41, 5.74) is 2.77. The fourth-order valence-electron chi connectivity index (χ4n) is 1.34. The second kappa shape index (κ2) is 4.91. The minimum absolute atomic E-state index is 0.0666. The quantitative estimate of drug-likeness (QED) is 0.831. The lowest BCUT2D eigenvalue weighted by molar-refractivity contribution is 0.277. The summed E-state index contributed by atoms with van der Waals surface area (Å²) >= 11 is 1.54. The van der Waals surface area contributed by atoms with Crippen molar-refractivity contribution in [2.75, 3.05) is 11.9 Å². The summed E-state index contributed by atoms with van der Waals surface area (Å²) in [4.78, 5) is 5.04. The van der Waals surface area contributed by atoms with Crippen LogP contribution in [0.1, 0.15) is 10.9 Å². The molecule has 2 rings (SSSR count). The first-order chi connectivity index (χ1) is 7.40. The van der Waals surface area contributed by atoms with E-state index in [-0.39, 0.29) is 12.6 Å². The summed E-state index contributed by atoms with van der Waals surface area (Å²) in [6.45, 7) is 0.0666. The average molecular weight is 220 g/mol. The number of benzene rings is 1. The number of thiazole rings is 1. The summed E-state index contributed by atoms with van der Waals surface area (Å²) in [6.07, 6.45) is 1.78. The van der Waals surface area contributed by atoms with E-state index in [1.807, 2.05) is 30.3 Å². The molecular formula is C11H12N2OS. The van der Waals surface area contributed by atoms with Crippen molar-refractivity contribution in [3.05, 3.63) is 46.9 Å². The van der Waals surface area contributed by atoms with Crippen LogP contribution >= 0.6 is 11.3 Å². The highest BCUT2D eigenvalue weighted by molar-refractivity contribution is 7.09. The van der Waals surface area contributed by atoms with Gasteiger partial charge in [-0.05, 0) is 12.1 Å². The molecule has 0 aliphatic rings. The van der Waals surface area contributed by atoms with Gasteiger partial charge in [0.2, 0.25) is 0 Å². The van der Waals surface area contributed by atoms with Crippen molar-refractivity contribution in [2.45, 2.75) is 6.04 Å². The van der Waals surface area contributed by atoms with E-state index >= 15 is 0 Å². The number of aliphatic hydroxyl groups is 1. The van der Waals surface area contributed by atoms with Crippen LogP contribution in [-0.2, 0) is 0 Å². The lowest BCUT2D eigenvalue weighted by Crippen LogP contribution is -2.13. The van der Waals surface area contributed by atoms with Crippen LogP contribution < -0.4 is 5.32 Å². The van der Waals surface area contributed by atoms with Crippen molar-refractivity contribution in [3.63, 3.8) is 0 Å². The van der Waals surface area contributed by atoms with Gasteiger partial charge >= 0.3 is 0 Å². The van der Waals surface area contributed by atoms with Gasteiger partial charge in [0.25, 0.3) is 0 Å². The number of aromatic nitrogens is 1. The Balaban J connectivity index is 2.10. The molecule has 2 N–H and O–H groups in total. The number of hydrogen-bond donors (Lipinski definition) is 2. The fourth-order valence-corrected chi connectivity index (χ4v) is 2.00. The van der Waals surface area contributed by atoms with E-state index in [1.54, 1.807) is 23.0 Å². The van der Waals surface area contributed by atoms with Gasteiger partial charge < -0.3 is 10.4 Å². The maximum Gasteiger partial charge on any atom is 0.0853 e. The number of nitrogens with one attached hydrogen (secondary N) is 1. The average Bonchev–Trinajstić information content (AvgIpc) is 2.81. The molecule has 0 aliphatic carbocycles. The molecule has 2 aromatic rings. The Labute approximate surface area is 92.4 Å². The van der Waals surface area contributed by atoms with Gasteiger partial charge in [0.1, 0.15) is 0 Å². The first-order valence-electron chi connectivity index (χ1n) is 4.71. The number of rotatable bonds is 4. The van der Waals surface area contributed by atoms with Gasteiger partial charge in [0, 0.05) is 16.8 Å². The Hall–Kier alpha value is -1.39. The number of aliphatic hydroxyl groups excluding tert-OH is 1. The van der Waals surface area contributed by atoms with Crippen molar-refractivity contribution in [3.8, 4) is 0 Å². The van der Waals surface area contributed by atoms with Gasteiger partial charge in [-0.25, -0.2) is 0 Å². The molecule has 1 aromatic heterocycles. The van der Waals surface area contributed by atoms with Crippen LogP contribution in [0.15, 0.2) is 42.0 Å². The maximum atomic E-state index is 9.28. The number of nitrogens with zero attached hydrogens (tertiary/aromatic N) is 1. The second-order valence-corrected chi connectivity index (χ2v) is 4.07. The highest BCUT2D eigenvalue weighted by atomic mass is 32.1. The Morgan fingerprint density at radius 3 is 2.73 bits per heavy atom. The van der Waals surface area contributed by atoms with E-state index in [0.717, 1.165) is 10.6 Å². The molecule has 1 unspecified atom stereocenters. The molecule has 1 atom stereocenters. The molecule has 1 heterocycles. The Bertz CT molecular complexity index is 388. The van der Waals surface area contributed by atoms with Gasteiger partial charge in [-0.15, -0.1) is 11.3 Å². The maximum absolute atomic E-state index is 9.28. The van der Waals surface area contributed by atoms with E-state index in [4.69, 9.17) is 0 Å². The monoisotopic (exact) mass is 220 g/mol. The third kappa shape index (κ3) is 2.55. The SMILES string of the molecule is OCC(Nc1ccccc1)c1cncs1. The van der Waals surface area contributed by atoms with Crippen LogP contribution in [-0.4, -0.2) is 16.7 Å². The molecule has 0 saturated carbocycles. The van der Waals surface area contributed by atoms with Gasteiger partial charge in [0.05, 0.1) is 18.2 Å². The van der Waals surface area contributed by atoms with Crippen molar-refractivity contribution in [1.29, 1.82) is 0 Å². The summed E-state index contributed by atoms with van der Waals surface area (Å²) in [6, 6.07) is 9.77. The molecule has 0 aliphatic heterocycles. The van der Waals surface area contributed by atoms with Crippen LogP contribution in [0.25, 0.3) is 0 Å². The lowest BCUT2D eigenvalue weighted by Gasteiger charge is -2.15. The number of hydrogen-bond acceptors (Lipinski definition) is 4. The molecule has 4 heteroatoms. The number of para-hydroxylation sites is 1. The highest BCUT2D eigenvalue weighted by Gasteiger charge is 2.10. The van der Waals surface area contributed by atoms with Crippen LogP contribution in [0.2, 0.25) is 0 Å².